The van der Waals surface area contributed by atoms with Gasteiger partial charge in [0.2, 0.25) is 0 Å². The Hall–Kier alpha value is -2.97. The van der Waals surface area contributed by atoms with Crippen LogP contribution in [0.15, 0.2) is 59.1 Å². The first-order valence-corrected chi connectivity index (χ1v) is 10.1. The summed E-state index contributed by atoms with van der Waals surface area (Å²) in [5.41, 5.74) is 2.16. The van der Waals surface area contributed by atoms with Gasteiger partial charge in [0, 0.05) is 0 Å². The highest BCUT2D eigenvalue weighted by Crippen LogP contribution is 2.37. The van der Waals surface area contributed by atoms with Crippen LogP contribution in [0.3, 0.4) is 0 Å². The molecule has 0 spiro atoms. The molecule has 1 saturated heterocycles. The number of rotatable bonds is 6. The molecule has 1 aliphatic heterocycles. The molecule has 0 bridgehead atoms. The number of hydrogen-bond acceptors (Lipinski definition) is 5. The van der Waals surface area contributed by atoms with Crippen molar-refractivity contribution >= 4 is 56.8 Å². The summed E-state index contributed by atoms with van der Waals surface area (Å²) in [5.74, 6) is -0.112. The zero-order chi connectivity index (χ0) is 21.8. The van der Waals surface area contributed by atoms with Crippen molar-refractivity contribution < 1.29 is 19.1 Å². The first kappa shape index (κ1) is 21.7. The van der Waals surface area contributed by atoms with Crippen molar-refractivity contribution in [3.63, 3.8) is 0 Å². The van der Waals surface area contributed by atoms with E-state index in [0.29, 0.717) is 33.8 Å². The van der Waals surface area contributed by atoms with Crippen molar-refractivity contribution in [2.75, 3.05) is 18.6 Å². The Morgan fingerprint density at radius 1 is 1.23 bits per heavy atom. The SMILES string of the molecule is C=CCOc1c(Br)cc(/C=C2\C(=O)NC(=S)N(c3ccc(C)cc3)C2=O)cc1OC. The molecule has 2 aromatic rings. The van der Waals surface area contributed by atoms with Gasteiger partial charge in [-0.3, -0.25) is 19.8 Å². The third kappa shape index (κ3) is 4.44. The lowest BCUT2D eigenvalue weighted by molar-refractivity contribution is -0.122. The first-order chi connectivity index (χ1) is 14.3. The van der Waals surface area contributed by atoms with E-state index in [9.17, 15) is 9.59 Å². The van der Waals surface area contributed by atoms with Crippen LogP contribution in [0.2, 0.25) is 0 Å². The fourth-order valence-electron chi connectivity index (χ4n) is 2.86. The summed E-state index contributed by atoms with van der Waals surface area (Å²) in [5, 5.41) is 2.62. The molecule has 154 valence electrons. The van der Waals surface area contributed by atoms with Crippen LogP contribution in [0.25, 0.3) is 6.08 Å². The molecule has 1 aliphatic rings. The zero-order valence-electron chi connectivity index (χ0n) is 16.4. The van der Waals surface area contributed by atoms with E-state index >= 15 is 0 Å². The van der Waals surface area contributed by atoms with Crippen LogP contribution in [0.5, 0.6) is 11.5 Å². The van der Waals surface area contributed by atoms with Gasteiger partial charge in [-0.25, -0.2) is 0 Å². The summed E-state index contributed by atoms with van der Waals surface area (Å²) in [6.07, 6.45) is 3.11. The topological polar surface area (TPSA) is 67.9 Å². The maximum Gasteiger partial charge on any atom is 0.270 e. The van der Waals surface area contributed by atoms with Gasteiger partial charge in [0.15, 0.2) is 16.6 Å². The van der Waals surface area contributed by atoms with Crippen molar-refractivity contribution in [1.29, 1.82) is 0 Å². The number of nitrogens with one attached hydrogen (secondary N) is 1. The Kier molecular flexibility index (Phi) is 6.69. The number of halogens is 1. The fraction of sp³-hybridized carbons (Fsp3) is 0.136. The zero-order valence-corrected chi connectivity index (χ0v) is 18.8. The van der Waals surface area contributed by atoms with Gasteiger partial charge in [-0.15, -0.1) is 0 Å². The van der Waals surface area contributed by atoms with Gasteiger partial charge < -0.3 is 9.47 Å². The number of ether oxygens (including phenoxy) is 2. The highest BCUT2D eigenvalue weighted by atomic mass is 79.9. The Labute approximate surface area is 188 Å². The minimum absolute atomic E-state index is 0.0398. The smallest absolute Gasteiger partial charge is 0.270 e. The molecule has 2 aromatic carbocycles. The molecule has 0 radical (unpaired) electrons. The number of carbonyl (C=O) groups is 2. The van der Waals surface area contributed by atoms with E-state index in [1.165, 1.54) is 18.1 Å². The predicted molar refractivity (Wildman–Crippen MR) is 124 cm³/mol. The number of benzene rings is 2. The average Bonchev–Trinajstić information content (AvgIpc) is 2.71. The van der Waals surface area contributed by atoms with Gasteiger partial charge in [0.1, 0.15) is 12.2 Å². The molecule has 2 amide bonds. The highest BCUT2D eigenvalue weighted by molar-refractivity contribution is 9.10. The second kappa shape index (κ2) is 9.23. The lowest BCUT2D eigenvalue weighted by atomic mass is 10.1. The van der Waals surface area contributed by atoms with E-state index in [1.807, 2.05) is 19.1 Å². The third-order valence-electron chi connectivity index (χ3n) is 4.30. The second-order valence-electron chi connectivity index (χ2n) is 6.43. The maximum absolute atomic E-state index is 13.1. The molecule has 8 heteroatoms. The number of carbonyl (C=O) groups excluding carboxylic acids is 2. The molecule has 6 nitrogen and oxygen atoms in total. The second-order valence-corrected chi connectivity index (χ2v) is 7.67. The summed E-state index contributed by atoms with van der Waals surface area (Å²) in [7, 11) is 1.51. The van der Waals surface area contributed by atoms with Crippen LogP contribution in [-0.2, 0) is 9.59 Å². The molecule has 30 heavy (non-hydrogen) atoms. The van der Waals surface area contributed by atoms with Gasteiger partial charge in [0.05, 0.1) is 17.3 Å². The summed E-state index contributed by atoms with van der Waals surface area (Å²) in [4.78, 5) is 26.9. The molecular weight excluding hydrogens is 468 g/mol. The van der Waals surface area contributed by atoms with Crippen LogP contribution in [0, 0.1) is 6.92 Å². The average molecular weight is 487 g/mol. The molecule has 1 heterocycles. The van der Waals surface area contributed by atoms with Crippen LogP contribution in [0.1, 0.15) is 11.1 Å². The Morgan fingerprint density at radius 3 is 2.57 bits per heavy atom. The summed E-state index contributed by atoms with van der Waals surface area (Å²) < 4.78 is 11.6. The van der Waals surface area contributed by atoms with Crippen LogP contribution in [-0.4, -0.2) is 30.6 Å². The predicted octanol–water partition coefficient (Wildman–Crippen LogP) is 4.16. The lowest BCUT2D eigenvalue weighted by Crippen LogP contribution is -2.54. The van der Waals surface area contributed by atoms with Crippen molar-refractivity contribution in [2.45, 2.75) is 6.92 Å². The molecule has 0 aliphatic carbocycles. The molecule has 3 rings (SSSR count). The quantitative estimate of drug-likeness (QED) is 0.287. The van der Waals surface area contributed by atoms with Gasteiger partial charge >= 0.3 is 0 Å². The number of nitrogens with zero attached hydrogens (tertiary/aromatic N) is 1. The number of hydrogen-bond donors (Lipinski definition) is 1. The number of thiocarbonyl (C=S) groups is 1. The van der Waals surface area contributed by atoms with Gasteiger partial charge in [0.25, 0.3) is 11.8 Å². The largest absolute Gasteiger partial charge is 0.493 e. The molecule has 0 saturated carbocycles. The highest BCUT2D eigenvalue weighted by Gasteiger charge is 2.34. The summed E-state index contributed by atoms with van der Waals surface area (Å²) in [6, 6.07) is 10.7. The van der Waals surface area contributed by atoms with Crippen LogP contribution >= 0.6 is 28.1 Å². The summed E-state index contributed by atoms with van der Waals surface area (Å²) >= 11 is 8.67. The minimum Gasteiger partial charge on any atom is -0.493 e. The number of methoxy groups -OCH3 is 1. The number of amides is 2. The normalized spacial score (nSPS) is 15.2. The monoisotopic (exact) mass is 486 g/mol. The Balaban J connectivity index is 2.01. The molecule has 0 aromatic heterocycles. The van der Waals surface area contributed by atoms with Gasteiger partial charge in [-0.1, -0.05) is 30.4 Å². The van der Waals surface area contributed by atoms with Gasteiger partial charge in [-0.2, -0.15) is 0 Å². The Bertz CT molecular complexity index is 1060. The van der Waals surface area contributed by atoms with Crippen LogP contribution in [0.4, 0.5) is 5.69 Å². The van der Waals surface area contributed by atoms with Crippen molar-refractivity contribution in [1.82, 2.24) is 5.32 Å². The maximum atomic E-state index is 13.1. The van der Waals surface area contributed by atoms with E-state index in [4.69, 9.17) is 21.7 Å². The lowest BCUT2D eigenvalue weighted by Gasteiger charge is -2.29. The Morgan fingerprint density at radius 2 is 1.93 bits per heavy atom. The number of anilines is 1. The molecular formula is C22H19BrN2O4S. The van der Waals surface area contributed by atoms with Crippen molar-refractivity contribution in [3.05, 3.63) is 70.2 Å². The molecule has 1 N–H and O–H groups in total. The van der Waals surface area contributed by atoms with E-state index in [0.717, 1.165) is 5.56 Å². The van der Waals surface area contributed by atoms with E-state index in [-0.39, 0.29) is 10.7 Å². The molecule has 1 fully saturated rings. The first-order valence-electron chi connectivity index (χ1n) is 8.95. The van der Waals surface area contributed by atoms with Gasteiger partial charge in [-0.05, 0) is 71.0 Å². The van der Waals surface area contributed by atoms with Crippen LogP contribution < -0.4 is 19.7 Å². The fourth-order valence-corrected chi connectivity index (χ4v) is 3.71. The molecule has 0 unspecified atom stereocenters. The molecule has 0 atom stereocenters. The number of aryl methyl sites for hydroxylation is 1. The van der Waals surface area contributed by atoms with E-state index in [1.54, 1.807) is 30.3 Å². The third-order valence-corrected chi connectivity index (χ3v) is 5.18. The summed E-state index contributed by atoms with van der Waals surface area (Å²) in [6.45, 7) is 5.88. The van der Waals surface area contributed by atoms with E-state index < -0.39 is 11.8 Å². The minimum atomic E-state index is -0.560. The van der Waals surface area contributed by atoms with Crippen molar-refractivity contribution in [2.24, 2.45) is 0 Å². The van der Waals surface area contributed by atoms with Crippen molar-refractivity contribution in [3.8, 4) is 11.5 Å². The van der Waals surface area contributed by atoms with E-state index in [2.05, 4.69) is 27.8 Å². The standard InChI is InChI=1S/C22H19BrN2O4S/c1-4-9-29-19-17(23)11-14(12-18(19)28-3)10-16-20(26)24-22(30)25(21(16)27)15-7-5-13(2)6-8-15/h4-8,10-12H,1,9H2,2-3H3,(H,24,26,30)/b16-10+.